The molecule has 0 aliphatic rings. The lowest BCUT2D eigenvalue weighted by Crippen LogP contribution is -2.04. The highest BCUT2D eigenvalue weighted by atomic mass is 35.5. The number of benzene rings is 2. The van der Waals surface area contributed by atoms with E-state index in [1.165, 1.54) is 11.8 Å². The third kappa shape index (κ3) is 4.81. The Kier molecular flexibility index (Phi) is 7.11. The summed E-state index contributed by atoms with van der Waals surface area (Å²) >= 11 is 7.58. The molecule has 0 saturated carbocycles. The topological polar surface area (TPSA) is 69.4 Å². The molecule has 0 unspecified atom stereocenters. The number of hydrogen-bond donors (Lipinski definition) is 1. The van der Waals surface area contributed by atoms with Crippen LogP contribution in [0.1, 0.15) is 0 Å². The first kappa shape index (κ1) is 19.7. The highest BCUT2D eigenvalue weighted by Crippen LogP contribution is 2.33. The molecule has 1 N–H and O–H groups in total. The van der Waals surface area contributed by atoms with Gasteiger partial charge in [0.1, 0.15) is 5.75 Å². The number of aromatic nitrogens is 3. The molecule has 0 radical (unpaired) electrons. The first-order chi connectivity index (χ1) is 13.2. The second-order valence-corrected chi connectivity index (χ2v) is 7.00. The third-order valence-corrected chi connectivity index (χ3v) is 4.91. The van der Waals surface area contributed by atoms with Crippen LogP contribution >= 0.6 is 23.4 Å². The number of para-hydroxylation sites is 1. The Morgan fingerprint density at radius 2 is 1.85 bits per heavy atom. The Morgan fingerprint density at radius 1 is 1.07 bits per heavy atom. The molecular weight excluding hydrogens is 386 g/mol. The molecule has 8 heteroatoms. The van der Waals surface area contributed by atoms with E-state index in [1.807, 2.05) is 53.1 Å². The van der Waals surface area contributed by atoms with Gasteiger partial charge in [-0.1, -0.05) is 35.5 Å². The van der Waals surface area contributed by atoms with E-state index in [9.17, 15) is 0 Å². The van der Waals surface area contributed by atoms with Gasteiger partial charge in [-0.05, 0) is 36.4 Å². The average molecular weight is 406 g/mol. The Balaban J connectivity index is 1.97. The van der Waals surface area contributed by atoms with Crippen LogP contribution < -0.4 is 4.74 Å². The highest BCUT2D eigenvalue weighted by Gasteiger charge is 2.18. The number of aliphatic hydroxyl groups excluding tert-OH is 1. The lowest BCUT2D eigenvalue weighted by atomic mass is 10.2. The Bertz CT molecular complexity index is 871. The molecule has 1 aromatic heterocycles. The lowest BCUT2D eigenvalue weighted by molar-refractivity contribution is 0.103. The monoisotopic (exact) mass is 405 g/mol. The minimum Gasteiger partial charge on any atom is -0.496 e. The van der Waals surface area contributed by atoms with Gasteiger partial charge in [0, 0.05) is 16.5 Å². The van der Waals surface area contributed by atoms with E-state index in [-0.39, 0.29) is 6.61 Å². The molecule has 2 aromatic carbocycles. The van der Waals surface area contributed by atoms with Crippen LogP contribution in [0.15, 0.2) is 53.7 Å². The zero-order valence-corrected chi connectivity index (χ0v) is 16.4. The molecule has 6 nitrogen and oxygen atoms in total. The minimum absolute atomic E-state index is 0.0174. The van der Waals surface area contributed by atoms with Gasteiger partial charge in [0.15, 0.2) is 11.0 Å². The molecule has 0 aliphatic carbocycles. The second-order valence-electron chi connectivity index (χ2n) is 5.50. The van der Waals surface area contributed by atoms with Crippen molar-refractivity contribution in [2.75, 3.05) is 32.7 Å². The number of ether oxygens (including phenoxy) is 2. The molecule has 27 heavy (non-hydrogen) atoms. The van der Waals surface area contributed by atoms with E-state index in [1.54, 1.807) is 7.11 Å². The normalized spacial score (nSPS) is 10.9. The van der Waals surface area contributed by atoms with Crippen molar-refractivity contribution in [2.24, 2.45) is 0 Å². The fourth-order valence-electron chi connectivity index (χ4n) is 2.55. The number of halogens is 1. The Hall–Kier alpha value is -2.06. The van der Waals surface area contributed by atoms with Gasteiger partial charge in [0.2, 0.25) is 0 Å². The molecule has 0 atom stereocenters. The smallest absolute Gasteiger partial charge is 0.196 e. The van der Waals surface area contributed by atoms with Crippen LogP contribution in [0.3, 0.4) is 0 Å². The maximum Gasteiger partial charge on any atom is 0.196 e. The van der Waals surface area contributed by atoms with Crippen LogP contribution in [0, 0.1) is 0 Å². The number of methoxy groups -OCH3 is 1. The molecule has 0 saturated heterocycles. The zero-order valence-electron chi connectivity index (χ0n) is 14.8. The molecule has 0 spiro atoms. The predicted molar refractivity (Wildman–Crippen MR) is 107 cm³/mol. The van der Waals surface area contributed by atoms with Crippen molar-refractivity contribution in [3.05, 3.63) is 53.6 Å². The van der Waals surface area contributed by atoms with Gasteiger partial charge in [-0.15, -0.1) is 10.2 Å². The summed E-state index contributed by atoms with van der Waals surface area (Å²) in [5.74, 6) is 2.11. The van der Waals surface area contributed by atoms with Crippen molar-refractivity contribution >= 4 is 23.4 Å². The number of thioether (sulfide) groups is 1. The summed E-state index contributed by atoms with van der Waals surface area (Å²) in [6.07, 6.45) is 0. The van der Waals surface area contributed by atoms with Gasteiger partial charge in [-0.2, -0.15) is 0 Å². The summed E-state index contributed by atoms with van der Waals surface area (Å²) in [6, 6.07) is 15.2. The van der Waals surface area contributed by atoms with E-state index in [0.717, 1.165) is 22.2 Å². The summed E-state index contributed by atoms with van der Waals surface area (Å²) in [6.45, 7) is 0.864. The first-order valence-corrected chi connectivity index (χ1v) is 9.77. The van der Waals surface area contributed by atoms with Gasteiger partial charge in [-0.25, -0.2) is 0 Å². The van der Waals surface area contributed by atoms with Crippen molar-refractivity contribution in [3.63, 3.8) is 0 Å². The number of aliphatic hydroxyl groups is 1. The summed E-state index contributed by atoms with van der Waals surface area (Å²) in [5.41, 5.74) is 1.76. The minimum atomic E-state index is 0.0174. The van der Waals surface area contributed by atoms with E-state index < -0.39 is 0 Å². The van der Waals surface area contributed by atoms with Crippen molar-refractivity contribution < 1.29 is 14.6 Å². The van der Waals surface area contributed by atoms with Crippen LogP contribution in [0.25, 0.3) is 17.1 Å². The van der Waals surface area contributed by atoms with Gasteiger partial charge in [0.25, 0.3) is 0 Å². The third-order valence-electron chi connectivity index (χ3n) is 3.76. The van der Waals surface area contributed by atoms with Crippen molar-refractivity contribution in [1.82, 2.24) is 14.8 Å². The average Bonchev–Trinajstić information content (AvgIpc) is 3.12. The predicted octanol–water partition coefficient (Wildman–Crippen LogP) is 3.70. The van der Waals surface area contributed by atoms with Crippen molar-refractivity contribution in [1.29, 1.82) is 0 Å². The first-order valence-electron chi connectivity index (χ1n) is 8.40. The Labute approximate surface area is 167 Å². The fraction of sp³-hybridized carbons (Fsp3) is 0.263. The SMILES string of the molecule is COc1ccccc1-c1nnc(SCCOCCO)n1-c1ccc(Cl)cc1. The molecule has 0 bridgehead atoms. The molecule has 0 amide bonds. The number of rotatable bonds is 9. The van der Waals surface area contributed by atoms with E-state index >= 15 is 0 Å². The van der Waals surface area contributed by atoms with E-state index in [2.05, 4.69) is 10.2 Å². The molecular formula is C19H20ClN3O3S. The zero-order chi connectivity index (χ0) is 19.1. The summed E-state index contributed by atoms with van der Waals surface area (Å²) in [4.78, 5) is 0. The van der Waals surface area contributed by atoms with E-state index in [0.29, 0.717) is 29.8 Å². The number of nitrogens with zero attached hydrogens (tertiary/aromatic N) is 3. The largest absolute Gasteiger partial charge is 0.496 e. The molecule has 3 aromatic rings. The van der Waals surface area contributed by atoms with E-state index in [4.69, 9.17) is 26.2 Å². The summed E-state index contributed by atoms with van der Waals surface area (Å²) in [5, 5.41) is 19.0. The molecule has 142 valence electrons. The number of hydrogen-bond acceptors (Lipinski definition) is 6. The summed E-state index contributed by atoms with van der Waals surface area (Å²) < 4.78 is 12.8. The van der Waals surface area contributed by atoms with Crippen molar-refractivity contribution in [3.8, 4) is 22.8 Å². The van der Waals surface area contributed by atoms with Crippen LogP contribution in [0.4, 0.5) is 0 Å². The van der Waals surface area contributed by atoms with Crippen LogP contribution in [-0.2, 0) is 4.74 Å². The van der Waals surface area contributed by atoms with Gasteiger partial charge in [-0.3, -0.25) is 4.57 Å². The molecule has 3 rings (SSSR count). The van der Waals surface area contributed by atoms with Crippen LogP contribution in [0.5, 0.6) is 5.75 Å². The quantitative estimate of drug-likeness (QED) is 0.432. The second kappa shape index (κ2) is 9.75. The van der Waals surface area contributed by atoms with Crippen LogP contribution in [-0.4, -0.2) is 52.6 Å². The fourth-order valence-corrected chi connectivity index (χ4v) is 3.48. The maximum atomic E-state index is 8.80. The van der Waals surface area contributed by atoms with Gasteiger partial charge < -0.3 is 14.6 Å². The molecule has 0 aliphatic heterocycles. The summed E-state index contributed by atoms with van der Waals surface area (Å²) in [7, 11) is 1.63. The van der Waals surface area contributed by atoms with Gasteiger partial charge >= 0.3 is 0 Å². The Morgan fingerprint density at radius 3 is 2.59 bits per heavy atom. The lowest BCUT2D eigenvalue weighted by Gasteiger charge is -2.12. The standard InChI is InChI=1S/C19H20ClN3O3S/c1-25-17-5-3-2-4-16(17)18-21-22-19(27-13-12-26-11-10-24)23(18)15-8-6-14(20)7-9-15/h2-9,24H,10-13H2,1H3. The van der Waals surface area contributed by atoms with Crippen molar-refractivity contribution in [2.45, 2.75) is 5.16 Å². The van der Waals surface area contributed by atoms with Gasteiger partial charge in [0.05, 0.1) is 32.5 Å². The highest BCUT2D eigenvalue weighted by molar-refractivity contribution is 7.99. The maximum absolute atomic E-state index is 8.80. The molecule has 1 heterocycles. The molecule has 0 fully saturated rings. The van der Waals surface area contributed by atoms with Crippen LogP contribution in [0.2, 0.25) is 5.02 Å².